The molecule has 0 aliphatic heterocycles. The van der Waals surface area contributed by atoms with Crippen LogP contribution in [0.25, 0.3) is 11.0 Å². The Morgan fingerprint density at radius 1 is 1.20 bits per heavy atom. The Labute approximate surface area is 125 Å². The van der Waals surface area contributed by atoms with Crippen molar-refractivity contribution in [2.45, 2.75) is 52.0 Å². The topological polar surface area (TPSA) is 44.5 Å². The van der Waals surface area contributed by atoms with Gasteiger partial charge in [-0.15, -0.1) is 0 Å². The zero-order chi connectivity index (χ0) is 14.4. The molecule has 0 amide bonds. The number of imidazole rings is 1. The van der Waals surface area contributed by atoms with E-state index in [1.165, 1.54) is 32.1 Å². The van der Waals surface area contributed by atoms with Crippen LogP contribution in [-0.2, 0) is 6.54 Å². The van der Waals surface area contributed by atoms with Crippen LogP contribution in [0, 0.1) is 16.1 Å². The molecule has 1 aromatic carbocycles. The molecule has 0 fully saturated rings. The van der Waals surface area contributed by atoms with Crippen LogP contribution in [0.2, 0.25) is 0 Å². The minimum atomic E-state index is 0.684. The van der Waals surface area contributed by atoms with Crippen LogP contribution in [0.3, 0.4) is 0 Å². The highest BCUT2D eigenvalue weighted by atomic mass is 32.1. The van der Waals surface area contributed by atoms with Crippen LogP contribution in [-0.4, -0.2) is 9.55 Å². The summed E-state index contributed by atoms with van der Waals surface area (Å²) in [4.78, 5) is 3.21. The summed E-state index contributed by atoms with van der Waals surface area (Å²) in [6, 6.07) is 7.85. The Kier molecular flexibility index (Phi) is 5.37. The van der Waals surface area contributed by atoms with E-state index < -0.39 is 0 Å². The largest absolute Gasteiger partial charge is 0.331 e. The number of unbranched alkanes of at least 4 members (excludes halogenated alkanes) is 5. The second-order valence-corrected chi connectivity index (χ2v) is 5.58. The second kappa shape index (κ2) is 7.25. The molecule has 0 aliphatic rings. The first-order valence-electron chi connectivity index (χ1n) is 7.39. The van der Waals surface area contributed by atoms with Crippen LogP contribution in [0.15, 0.2) is 18.2 Å². The van der Waals surface area contributed by atoms with E-state index >= 15 is 0 Å². The number of nitrogens with zero attached hydrogens (tertiary/aromatic N) is 2. The fourth-order valence-corrected chi connectivity index (χ4v) is 2.79. The third-order valence-corrected chi connectivity index (χ3v) is 3.96. The van der Waals surface area contributed by atoms with E-state index in [0.29, 0.717) is 5.56 Å². The predicted molar refractivity (Wildman–Crippen MR) is 85.2 cm³/mol. The predicted octanol–water partition coefficient (Wildman–Crippen LogP) is 4.93. The maximum atomic E-state index is 9.00. The molecular weight excluding hydrogens is 266 g/mol. The van der Waals surface area contributed by atoms with Crippen molar-refractivity contribution in [1.29, 1.82) is 5.26 Å². The van der Waals surface area contributed by atoms with E-state index in [-0.39, 0.29) is 0 Å². The Hall–Kier alpha value is -1.60. The molecule has 0 radical (unpaired) electrons. The number of hydrogen-bond donors (Lipinski definition) is 1. The number of benzene rings is 1. The van der Waals surface area contributed by atoms with Gasteiger partial charge in [-0.2, -0.15) is 5.26 Å². The molecule has 1 N–H and O–H groups in total. The van der Waals surface area contributed by atoms with Gasteiger partial charge in [-0.1, -0.05) is 39.0 Å². The van der Waals surface area contributed by atoms with Gasteiger partial charge < -0.3 is 9.55 Å². The zero-order valence-corrected chi connectivity index (χ0v) is 12.8. The molecule has 2 rings (SSSR count). The smallest absolute Gasteiger partial charge is 0.178 e. The monoisotopic (exact) mass is 287 g/mol. The van der Waals surface area contributed by atoms with E-state index in [9.17, 15) is 0 Å². The van der Waals surface area contributed by atoms with Crippen molar-refractivity contribution in [3.8, 4) is 6.07 Å². The van der Waals surface area contributed by atoms with E-state index in [4.69, 9.17) is 17.5 Å². The first-order chi connectivity index (χ1) is 9.76. The first-order valence-corrected chi connectivity index (χ1v) is 7.79. The zero-order valence-electron chi connectivity index (χ0n) is 12.0. The van der Waals surface area contributed by atoms with Gasteiger partial charge in [-0.3, -0.25) is 0 Å². The lowest BCUT2D eigenvalue weighted by Gasteiger charge is -2.05. The van der Waals surface area contributed by atoms with E-state index in [0.717, 1.165) is 28.8 Å². The minimum Gasteiger partial charge on any atom is -0.331 e. The number of aromatic nitrogens is 2. The van der Waals surface area contributed by atoms with Gasteiger partial charge in [0.2, 0.25) is 0 Å². The SMILES string of the molecule is CCCCCCCCn1c(=S)[nH]c2ccc(C#N)cc21. The molecule has 0 bridgehead atoms. The number of hydrogen-bond acceptors (Lipinski definition) is 2. The summed E-state index contributed by atoms with van der Waals surface area (Å²) < 4.78 is 2.87. The number of H-pyrrole nitrogens is 1. The average Bonchev–Trinajstić information content (AvgIpc) is 2.77. The quantitative estimate of drug-likeness (QED) is 0.579. The summed E-state index contributed by atoms with van der Waals surface area (Å²) in [6.45, 7) is 3.16. The second-order valence-electron chi connectivity index (χ2n) is 5.19. The van der Waals surface area contributed by atoms with Crippen molar-refractivity contribution in [3.63, 3.8) is 0 Å². The molecule has 0 saturated carbocycles. The molecule has 0 spiro atoms. The maximum Gasteiger partial charge on any atom is 0.178 e. The van der Waals surface area contributed by atoms with Crippen LogP contribution in [0.1, 0.15) is 51.0 Å². The molecule has 0 aliphatic carbocycles. The first kappa shape index (κ1) is 14.8. The Morgan fingerprint density at radius 2 is 1.95 bits per heavy atom. The summed E-state index contributed by atoms with van der Waals surface area (Å²) in [5, 5.41) is 9.00. The van der Waals surface area contributed by atoms with Gasteiger partial charge in [0.05, 0.1) is 22.7 Å². The van der Waals surface area contributed by atoms with Gasteiger partial charge in [0.1, 0.15) is 0 Å². The number of aromatic amines is 1. The van der Waals surface area contributed by atoms with Crippen LogP contribution < -0.4 is 0 Å². The van der Waals surface area contributed by atoms with Crippen molar-refractivity contribution in [2.75, 3.05) is 0 Å². The molecular formula is C16H21N3S. The number of rotatable bonds is 7. The van der Waals surface area contributed by atoms with Crippen LogP contribution in [0.4, 0.5) is 0 Å². The molecule has 2 aromatic rings. The van der Waals surface area contributed by atoms with Gasteiger partial charge in [-0.25, -0.2) is 0 Å². The molecule has 0 saturated heterocycles. The van der Waals surface area contributed by atoms with Crippen molar-refractivity contribution in [3.05, 3.63) is 28.5 Å². The fourth-order valence-electron chi connectivity index (χ4n) is 2.49. The molecule has 0 unspecified atom stereocenters. The molecule has 1 heterocycles. The number of nitrogens with one attached hydrogen (secondary N) is 1. The summed E-state index contributed by atoms with van der Waals surface area (Å²) >= 11 is 5.38. The maximum absolute atomic E-state index is 9.00. The normalized spacial score (nSPS) is 10.8. The van der Waals surface area contributed by atoms with Crippen LogP contribution in [0.5, 0.6) is 0 Å². The third-order valence-electron chi connectivity index (χ3n) is 3.64. The number of fused-ring (bicyclic) bond motifs is 1. The van der Waals surface area contributed by atoms with Crippen molar-refractivity contribution < 1.29 is 0 Å². The van der Waals surface area contributed by atoms with E-state index in [1.807, 2.05) is 18.2 Å². The molecule has 4 heteroatoms. The van der Waals surface area contributed by atoms with Gasteiger partial charge in [-0.05, 0) is 36.8 Å². The van der Waals surface area contributed by atoms with Gasteiger partial charge in [0.15, 0.2) is 4.77 Å². The molecule has 106 valence electrons. The lowest BCUT2D eigenvalue weighted by molar-refractivity contribution is 0.561. The highest BCUT2D eigenvalue weighted by molar-refractivity contribution is 7.71. The lowest BCUT2D eigenvalue weighted by Crippen LogP contribution is -1.98. The Bertz CT molecular complexity index is 660. The number of aryl methyl sites for hydroxylation is 1. The van der Waals surface area contributed by atoms with Gasteiger partial charge in [0.25, 0.3) is 0 Å². The fraction of sp³-hybridized carbons (Fsp3) is 0.500. The Balaban J connectivity index is 2.04. The lowest BCUT2D eigenvalue weighted by atomic mass is 10.1. The highest BCUT2D eigenvalue weighted by Gasteiger charge is 2.05. The minimum absolute atomic E-state index is 0.684. The molecule has 3 nitrogen and oxygen atoms in total. The van der Waals surface area contributed by atoms with Gasteiger partial charge in [0, 0.05) is 6.54 Å². The summed E-state index contributed by atoms with van der Waals surface area (Å²) in [7, 11) is 0. The summed E-state index contributed by atoms with van der Waals surface area (Å²) in [5.41, 5.74) is 2.74. The van der Waals surface area contributed by atoms with E-state index in [2.05, 4.69) is 22.5 Å². The summed E-state index contributed by atoms with van der Waals surface area (Å²) in [6.07, 6.45) is 7.62. The van der Waals surface area contributed by atoms with E-state index in [1.54, 1.807) is 0 Å². The number of nitriles is 1. The standard InChI is InChI=1S/C16H21N3S/c1-2-3-4-5-6-7-10-19-15-11-13(12-17)8-9-14(15)18-16(19)20/h8-9,11H,2-7,10H2,1H3,(H,18,20). The highest BCUT2D eigenvalue weighted by Crippen LogP contribution is 2.17. The van der Waals surface area contributed by atoms with Crippen molar-refractivity contribution >= 4 is 23.3 Å². The third kappa shape index (κ3) is 3.49. The molecule has 20 heavy (non-hydrogen) atoms. The molecule has 1 aromatic heterocycles. The van der Waals surface area contributed by atoms with Crippen molar-refractivity contribution in [1.82, 2.24) is 9.55 Å². The van der Waals surface area contributed by atoms with Crippen molar-refractivity contribution in [2.24, 2.45) is 0 Å². The summed E-state index contributed by atoms with van der Waals surface area (Å²) in [5.74, 6) is 0. The van der Waals surface area contributed by atoms with Crippen LogP contribution >= 0.6 is 12.2 Å². The average molecular weight is 287 g/mol. The Morgan fingerprint density at radius 3 is 2.70 bits per heavy atom. The van der Waals surface area contributed by atoms with Gasteiger partial charge >= 0.3 is 0 Å². The molecule has 0 atom stereocenters.